The van der Waals surface area contributed by atoms with Gasteiger partial charge in [-0.3, -0.25) is 4.68 Å². The van der Waals surface area contributed by atoms with E-state index in [1.165, 1.54) is 11.8 Å². The highest BCUT2D eigenvalue weighted by Crippen LogP contribution is 2.26. The van der Waals surface area contributed by atoms with Gasteiger partial charge in [-0.2, -0.15) is 10.4 Å². The zero-order valence-corrected chi connectivity index (χ0v) is 12.2. The molecule has 104 valence electrons. The van der Waals surface area contributed by atoms with Gasteiger partial charge in [0, 0.05) is 18.3 Å². The summed E-state index contributed by atoms with van der Waals surface area (Å²) >= 11 is 0. The number of nitriles is 1. The third-order valence-electron chi connectivity index (χ3n) is 3.41. The number of aryl methyl sites for hydroxylation is 2. The monoisotopic (exact) mass is 270 g/mol. The predicted molar refractivity (Wildman–Crippen MR) is 76.1 cm³/mol. The SMILES string of the molecule is CCC(Nc1cnc(C#N)cn1)c1c(C)nn(C)c1C. The van der Waals surface area contributed by atoms with Crippen molar-refractivity contribution in [3.63, 3.8) is 0 Å². The zero-order valence-electron chi connectivity index (χ0n) is 12.2. The van der Waals surface area contributed by atoms with E-state index in [1.807, 2.05) is 24.7 Å². The molecule has 6 nitrogen and oxygen atoms in total. The molecule has 6 heteroatoms. The predicted octanol–water partition coefficient (Wildman–Crippen LogP) is 2.26. The molecule has 1 atom stereocenters. The second-order valence-corrected chi connectivity index (χ2v) is 4.71. The van der Waals surface area contributed by atoms with Crippen molar-refractivity contribution in [2.45, 2.75) is 33.2 Å². The molecule has 0 saturated carbocycles. The van der Waals surface area contributed by atoms with Crippen LogP contribution in [-0.2, 0) is 7.05 Å². The minimum absolute atomic E-state index is 0.130. The van der Waals surface area contributed by atoms with Gasteiger partial charge in [0.05, 0.1) is 24.1 Å². The summed E-state index contributed by atoms with van der Waals surface area (Å²) in [6.45, 7) is 6.18. The van der Waals surface area contributed by atoms with Crippen molar-refractivity contribution in [1.29, 1.82) is 5.26 Å². The molecule has 20 heavy (non-hydrogen) atoms. The van der Waals surface area contributed by atoms with Crippen LogP contribution in [0.25, 0.3) is 0 Å². The fourth-order valence-electron chi connectivity index (χ4n) is 2.31. The number of aromatic nitrogens is 4. The molecule has 2 heterocycles. The maximum Gasteiger partial charge on any atom is 0.158 e. The van der Waals surface area contributed by atoms with E-state index in [1.54, 1.807) is 6.20 Å². The second kappa shape index (κ2) is 5.70. The van der Waals surface area contributed by atoms with Gasteiger partial charge in [-0.15, -0.1) is 0 Å². The summed E-state index contributed by atoms with van der Waals surface area (Å²) in [5, 5.41) is 16.5. The van der Waals surface area contributed by atoms with Gasteiger partial charge in [-0.1, -0.05) is 6.92 Å². The van der Waals surface area contributed by atoms with Crippen molar-refractivity contribution in [1.82, 2.24) is 19.7 Å². The number of hydrogen-bond acceptors (Lipinski definition) is 5. The topological polar surface area (TPSA) is 79.4 Å². The van der Waals surface area contributed by atoms with Crippen LogP contribution in [0.3, 0.4) is 0 Å². The van der Waals surface area contributed by atoms with E-state index >= 15 is 0 Å². The molecule has 0 aliphatic carbocycles. The summed E-state index contributed by atoms with van der Waals surface area (Å²) in [7, 11) is 1.94. The van der Waals surface area contributed by atoms with Crippen molar-refractivity contribution < 1.29 is 0 Å². The van der Waals surface area contributed by atoms with Crippen LogP contribution in [0, 0.1) is 25.2 Å². The molecule has 0 aliphatic rings. The Labute approximate surface area is 118 Å². The van der Waals surface area contributed by atoms with Crippen LogP contribution >= 0.6 is 0 Å². The quantitative estimate of drug-likeness (QED) is 0.921. The van der Waals surface area contributed by atoms with E-state index in [-0.39, 0.29) is 6.04 Å². The molecule has 2 rings (SSSR count). The Morgan fingerprint density at radius 2 is 2.10 bits per heavy atom. The lowest BCUT2D eigenvalue weighted by Crippen LogP contribution is -2.13. The van der Waals surface area contributed by atoms with Gasteiger partial charge in [-0.05, 0) is 20.3 Å². The summed E-state index contributed by atoms with van der Waals surface area (Å²) < 4.78 is 1.89. The Kier molecular flexibility index (Phi) is 3.99. The summed E-state index contributed by atoms with van der Waals surface area (Å²) in [5.74, 6) is 0.665. The molecule has 2 aromatic heterocycles. The van der Waals surface area contributed by atoms with Crippen molar-refractivity contribution in [2.24, 2.45) is 7.05 Å². The average Bonchev–Trinajstić information content (AvgIpc) is 2.71. The molecule has 0 aromatic carbocycles. The first-order valence-corrected chi connectivity index (χ1v) is 6.55. The summed E-state index contributed by atoms with van der Waals surface area (Å²) in [6.07, 6.45) is 3.97. The summed E-state index contributed by atoms with van der Waals surface area (Å²) in [6, 6.07) is 2.09. The Morgan fingerprint density at radius 1 is 1.35 bits per heavy atom. The normalized spacial score (nSPS) is 11.9. The Balaban J connectivity index is 2.26. The fraction of sp³-hybridized carbons (Fsp3) is 0.429. The van der Waals surface area contributed by atoms with Gasteiger partial charge in [-0.25, -0.2) is 9.97 Å². The van der Waals surface area contributed by atoms with E-state index in [9.17, 15) is 0 Å². The highest BCUT2D eigenvalue weighted by Gasteiger charge is 2.19. The lowest BCUT2D eigenvalue weighted by Gasteiger charge is -2.18. The van der Waals surface area contributed by atoms with E-state index < -0.39 is 0 Å². The maximum atomic E-state index is 8.73. The fourth-order valence-corrected chi connectivity index (χ4v) is 2.31. The largest absolute Gasteiger partial charge is 0.362 e. The van der Waals surface area contributed by atoms with Crippen molar-refractivity contribution in [3.05, 3.63) is 35.0 Å². The number of anilines is 1. The van der Waals surface area contributed by atoms with Crippen molar-refractivity contribution in [3.8, 4) is 6.07 Å². The van der Waals surface area contributed by atoms with Gasteiger partial charge in [0.15, 0.2) is 5.69 Å². The minimum atomic E-state index is 0.130. The lowest BCUT2D eigenvalue weighted by atomic mass is 10.0. The van der Waals surface area contributed by atoms with Crippen LogP contribution in [0.1, 0.15) is 42.0 Å². The molecular weight excluding hydrogens is 252 g/mol. The first-order valence-electron chi connectivity index (χ1n) is 6.55. The van der Waals surface area contributed by atoms with E-state index in [4.69, 9.17) is 5.26 Å². The van der Waals surface area contributed by atoms with E-state index in [0.29, 0.717) is 11.5 Å². The highest BCUT2D eigenvalue weighted by molar-refractivity contribution is 5.40. The Hall–Kier alpha value is -2.42. The molecule has 0 fully saturated rings. The van der Waals surface area contributed by atoms with Crippen LogP contribution in [0.2, 0.25) is 0 Å². The van der Waals surface area contributed by atoms with Gasteiger partial charge < -0.3 is 5.32 Å². The average molecular weight is 270 g/mol. The number of nitrogens with zero attached hydrogens (tertiary/aromatic N) is 5. The van der Waals surface area contributed by atoms with Crippen molar-refractivity contribution in [2.75, 3.05) is 5.32 Å². The number of nitrogens with one attached hydrogen (secondary N) is 1. The zero-order chi connectivity index (χ0) is 14.7. The van der Waals surface area contributed by atoms with Gasteiger partial charge in [0.25, 0.3) is 0 Å². The molecule has 0 amide bonds. The third kappa shape index (κ3) is 2.62. The molecule has 0 aliphatic heterocycles. The van der Waals surface area contributed by atoms with Crippen LogP contribution in [-0.4, -0.2) is 19.7 Å². The molecule has 2 aromatic rings. The van der Waals surface area contributed by atoms with Crippen LogP contribution in [0.15, 0.2) is 12.4 Å². The molecule has 0 radical (unpaired) electrons. The molecule has 0 spiro atoms. The van der Waals surface area contributed by atoms with Gasteiger partial charge >= 0.3 is 0 Å². The van der Waals surface area contributed by atoms with Crippen LogP contribution in [0.4, 0.5) is 5.82 Å². The first kappa shape index (κ1) is 14.0. The first-order chi connectivity index (χ1) is 9.56. The van der Waals surface area contributed by atoms with Crippen LogP contribution < -0.4 is 5.32 Å². The summed E-state index contributed by atoms with van der Waals surface area (Å²) in [5.41, 5.74) is 3.67. The molecule has 1 N–H and O–H groups in total. The molecular formula is C14H18N6. The number of rotatable bonds is 4. The van der Waals surface area contributed by atoms with E-state index in [0.717, 1.165) is 17.8 Å². The van der Waals surface area contributed by atoms with Gasteiger partial charge in [0.2, 0.25) is 0 Å². The van der Waals surface area contributed by atoms with Crippen molar-refractivity contribution >= 4 is 5.82 Å². The summed E-state index contributed by atoms with van der Waals surface area (Å²) in [4.78, 5) is 8.23. The van der Waals surface area contributed by atoms with Gasteiger partial charge in [0.1, 0.15) is 11.9 Å². The minimum Gasteiger partial charge on any atom is -0.362 e. The Morgan fingerprint density at radius 3 is 2.55 bits per heavy atom. The second-order valence-electron chi connectivity index (χ2n) is 4.71. The molecule has 1 unspecified atom stereocenters. The smallest absolute Gasteiger partial charge is 0.158 e. The third-order valence-corrected chi connectivity index (χ3v) is 3.41. The maximum absolute atomic E-state index is 8.73. The molecule has 0 saturated heterocycles. The standard InChI is InChI=1S/C14H18N6/c1-5-12(14-9(2)19-20(4)10(14)3)18-13-8-16-11(6-15)7-17-13/h7-8,12H,5H2,1-4H3,(H,17,18). The number of hydrogen-bond donors (Lipinski definition) is 1. The van der Waals surface area contributed by atoms with E-state index in [2.05, 4.69) is 34.2 Å². The highest BCUT2D eigenvalue weighted by atomic mass is 15.3. The van der Waals surface area contributed by atoms with Crippen LogP contribution in [0.5, 0.6) is 0 Å². The Bertz CT molecular complexity index is 635. The molecule has 0 bridgehead atoms. The lowest BCUT2D eigenvalue weighted by molar-refractivity contribution is 0.714.